The summed E-state index contributed by atoms with van der Waals surface area (Å²) < 4.78 is 5.53. The molecule has 0 aliphatic heterocycles. The van der Waals surface area contributed by atoms with Crippen LogP contribution >= 0.6 is 12.2 Å². The molecule has 0 rings (SSSR count). The minimum atomic E-state index is 0.446. The third-order valence-corrected chi connectivity index (χ3v) is 2.89. The minimum Gasteiger partial charge on any atom is -0.487 e. The van der Waals surface area contributed by atoms with E-state index in [0.717, 1.165) is 24.5 Å². The molecule has 0 spiro atoms. The maximum absolute atomic E-state index is 5.53. The molecule has 0 aliphatic rings. The van der Waals surface area contributed by atoms with Crippen LogP contribution in [0.25, 0.3) is 0 Å². The maximum atomic E-state index is 5.53. The van der Waals surface area contributed by atoms with Gasteiger partial charge >= 0.3 is 0 Å². The van der Waals surface area contributed by atoms with Gasteiger partial charge in [-0.25, -0.2) is 0 Å². The summed E-state index contributed by atoms with van der Waals surface area (Å²) in [5.74, 6) is 0.446. The molecule has 1 nitrogen and oxygen atoms in total. The second kappa shape index (κ2) is 9.45. The normalized spacial score (nSPS) is 12.5. The molecule has 0 aromatic rings. The highest BCUT2D eigenvalue weighted by Gasteiger charge is 2.07. The van der Waals surface area contributed by atoms with Crippen molar-refractivity contribution in [1.82, 2.24) is 0 Å². The average molecular weight is 216 g/mol. The summed E-state index contributed by atoms with van der Waals surface area (Å²) in [5, 5.41) is 0.809. The largest absolute Gasteiger partial charge is 0.487 e. The lowest BCUT2D eigenvalue weighted by molar-refractivity contribution is 0.279. The van der Waals surface area contributed by atoms with Gasteiger partial charge in [-0.05, 0) is 25.1 Å². The second-order valence-electron chi connectivity index (χ2n) is 3.92. The monoisotopic (exact) mass is 216 g/mol. The van der Waals surface area contributed by atoms with Crippen molar-refractivity contribution in [2.75, 3.05) is 6.61 Å². The van der Waals surface area contributed by atoms with Crippen LogP contribution in [-0.2, 0) is 4.74 Å². The zero-order chi connectivity index (χ0) is 10.8. The predicted molar refractivity (Wildman–Crippen MR) is 66.8 cm³/mol. The molecule has 0 aliphatic carbocycles. The molecule has 0 aromatic heterocycles. The van der Waals surface area contributed by atoms with Gasteiger partial charge in [0, 0.05) is 5.92 Å². The first kappa shape index (κ1) is 13.9. The summed E-state index contributed by atoms with van der Waals surface area (Å²) in [6, 6.07) is 0. The molecule has 0 fully saturated rings. The Bertz CT molecular complexity index is 145. The van der Waals surface area contributed by atoms with Gasteiger partial charge in [0.2, 0.25) is 0 Å². The summed E-state index contributed by atoms with van der Waals surface area (Å²) in [6.45, 7) is 7.36. The molecular formula is C12H24OS. The van der Waals surface area contributed by atoms with Crippen molar-refractivity contribution in [3.8, 4) is 0 Å². The first-order chi connectivity index (χ1) is 6.72. The first-order valence-electron chi connectivity index (χ1n) is 5.89. The van der Waals surface area contributed by atoms with Crippen molar-refractivity contribution in [3.05, 3.63) is 0 Å². The van der Waals surface area contributed by atoms with Crippen molar-refractivity contribution >= 4 is 17.3 Å². The molecule has 0 bridgehead atoms. The van der Waals surface area contributed by atoms with Gasteiger partial charge in [0.15, 0.2) is 5.05 Å². The van der Waals surface area contributed by atoms with Crippen molar-refractivity contribution in [2.24, 2.45) is 5.92 Å². The molecule has 0 N–H and O–H groups in total. The van der Waals surface area contributed by atoms with Gasteiger partial charge in [0.1, 0.15) is 0 Å². The van der Waals surface area contributed by atoms with Crippen molar-refractivity contribution in [3.63, 3.8) is 0 Å². The number of hydrogen-bond acceptors (Lipinski definition) is 2. The molecule has 2 heteroatoms. The Hall–Kier alpha value is -0.110. The van der Waals surface area contributed by atoms with Crippen LogP contribution in [0.15, 0.2) is 0 Å². The smallest absolute Gasteiger partial charge is 0.162 e. The molecule has 0 saturated heterocycles. The fourth-order valence-electron chi connectivity index (χ4n) is 1.39. The SMILES string of the molecule is CCCCCCOC(=S)C(C)CCC. The Balaban J connectivity index is 3.34. The topological polar surface area (TPSA) is 9.23 Å². The lowest BCUT2D eigenvalue weighted by Gasteiger charge is -2.13. The van der Waals surface area contributed by atoms with Gasteiger partial charge in [-0.3, -0.25) is 0 Å². The standard InChI is InChI=1S/C12H24OS/c1-4-6-7-8-10-13-12(14)11(3)9-5-2/h11H,4-10H2,1-3H3. The van der Waals surface area contributed by atoms with Crippen LogP contribution in [0.3, 0.4) is 0 Å². The van der Waals surface area contributed by atoms with E-state index >= 15 is 0 Å². The third kappa shape index (κ3) is 7.31. The van der Waals surface area contributed by atoms with Crippen LogP contribution < -0.4 is 0 Å². The average Bonchev–Trinajstić information content (AvgIpc) is 2.17. The lowest BCUT2D eigenvalue weighted by Crippen LogP contribution is -2.13. The molecule has 1 atom stereocenters. The summed E-state index contributed by atoms with van der Waals surface area (Å²) in [5.41, 5.74) is 0. The molecule has 0 heterocycles. The number of thiocarbonyl (C=S) groups is 1. The van der Waals surface area contributed by atoms with Gasteiger partial charge < -0.3 is 4.74 Å². The zero-order valence-corrected chi connectivity index (χ0v) is 10.7. The van der Waals surface area contributed by atoms with Crippen LogP contribution in [0.1, 0.15) is 59.3 Å². The lowest BCUT2D eigenvalue weighted by atomic mass is 10.1. The quantitative estimate of drug-likeness (QED) is 0.441. The maximum Gasteiger partial charge on any atom is 0.162 e. The fourth-order valence-corrected chi connectivity index (χ4v) is 1.60. The molecule has 0 radical (unpaired) electrons. The minimum absolute atomic E-state index is 0.446. The number of rotatable bonds is 8. The van der Waals surface area contributed by atoms with E-state index in [4.69, 9.17) is 17.0 Å². The van der Waals surface area contributed by atoms with E-state index in [1.54, 1.807) is 0 Å². The van der Waals surface area contributed by atoms with E-state index in [2.05, 4.69) is 20.8 Å². The number of unbranched alkanes of at least 4 members (excludes halogenated alkanes) is 3. The highest BCUT2D eigenvalue weighted by atomic mass is 32.1. The summed E-state index contributed by atoms with van der Waals surface area (Å²) in [4.78, 5) is 0. The van der Waals surface area contributed by atoms with E-state index < -0.39 is 0 Å². The summed E-state index contributed by atoms with van der Waals surface area (Å²) in [7, 11) is 0. The third-order valence-electron chi connectivity index (χ3n) is 2.37. The Morgan fingerprint density at radius 2 is 1.86 bits per heavy atom. The van der Waals surface area contributed by atoms with Gasteiger partial charge in [-0.1, -0.05) is 46.5 Å². The van der Waals surface area contributed by atoms with Crippen molar-refractivity contribution in [2.45, 2.75) is 59.3 Å². The van der Waals surface area contributed by atoms with Crippen LogP contribution in [0, 0.1) is 5.92 Å². The second-order valence-corrected chi connectivity index (χ2v) is 4.32. The molecular weight excluding hydrogens is 192 g/mol. The van der Waals surface area contributed by atoms with Crippen molar-refractivity contribution in [1.29, 1.82) is 0 Å². The summed E-state index contributed by atoms with van der Waals surface area (Å²) in [6.07, 6.45) is 7.32. The highest BCUT2D eigenvalue weighted by Crippen LogP contribution is 2.09. The zero-order valence-electron chi connectivity index (χ0n) is 9.84. The van der Waals surface area contributed by atoms with Crippen LogP contribution in [0.2, 0.25) is 0 Å². The molecule has 0 saturated carbocycles. The van der Waals surface area contributed by atoms with E-state index in [9.17, 15) is 0 Å². The molecule has 14 heavy (non-hydrogen) atoms. The Morgan fingerprint density at radius 1 is 1.14 bits per heavy atom. The van der Waals surface area contributed by atoms with Crippen LogP contribution in [0.5, 0.6) is 0 Å². The highest BCUT2D eigenvalue weighted by molar-refractivity contribution is 7.80. The Morgan fingerprint density at radius 3 is 2.43 bits per heavy atom. The van der Waals surface area contributed by atoms with Crippen LogP contribution in [-0.4, -0.2) is 11.7 Å². The van der Waals surface area contributed by atoms with E-state index in [0.29, 0.717) is 5.92 Å². The summed E-state index contributed by atoms with van der Waals surface area (Å²) >= 11 is 5.20. The number of ether oxygens (including phenoxy) is 1. The predicted octanol–water partition coefficient (Wildman–Crippen LogP) is 4.35. The molecule has 1 unspecified atom stereocenters. The molecule has 0 aromatic carbocycles. The molecule has 84 valence electrons. The van der Waals surface area contributed by atoms with Gasteiger partial charge in [0.25, 0.3) is 0 Å². The first-order valence-corrected chi connectivity index (χ1v) is 6.29. The van der Waals surface area contributed by atoms with E-state index in [1.807, 2.05) is 0 Å². The van der Waals surface area contributed by atoms with Gasteiger partial charge in [-0.15, -0.1) is 0 Å². The van der Waals surface area contributed by atoms with E-state index in [-0.39, 0.29) is 0 Å². The van der Waals surface area contributed by atoms with Gasteiger partial charge in [0.05, 0.1) is 6.61 Å². The van der Waals surface area contributed by atoms with Gasteiger partial charge in [-0.2, -0.15) is 0 Å². The number of hydrogen-bond donors (Lipinski definition) is 0. The van der Waals surface area contributed by atoms with Crippen LogP contribution in [0.4, 0.5) is 0 Å². The fraction of sp³-hybridized carbons (Fsp3) is 0.917. The van der Waals surface area contributed by atoms with E-state index in [1.165, 1.54) is 25.7 Å². The molecule has 0 amide bonds. The Labute approximate surface area is 94.2 Å². The Kier molecular flexibility index (Phi) is 9.37. The van der Waals surface area contributed by atoms with Crippen molar-refractivity contribution < 1.29 is 4.74 Å².